The number of halogens is 1. The molecule has 0 spiro atoms. The zero-order valence-corrected chi connectivity index (χ0v) is 11.8. The number of nitro groups is 1. The summed E-state index contributed by atoms with van der Waals surface area (Å²) >= 11 is 5.78. The van der Waals surface area contributed by atoms with Gasteiger partial charge in [-0.1, -0.05) is 11.6 Å². The van der Waals surface area contributed by atoms with Crippen molar-refractivity contribution in [1.82, 2.24) is 10.2 Å². The number of carbonyl (C=O) groups is 1. The summed E-state index contributed by atoms with van der Waals surface area (Å²) in [5.74, 6) is -0.497. The van der Waals surface area contributed by atoms with Crippen LogP contribution in [0.1, 0.15) is 17.3 Å². The molecule has 0 bridgehead atoms. The highest BCUT2D eigenvalue weighted by Crippen LogP contribution is 2.22. The molecular weight excluding hydrogens is 270 g/mol. The van der Waals surface area contributed by atoms with Gasteiger partial charge in [0.2, 0.25) is 0 Å². The Kier molecular flexibility index (Phi) is 5.26. The Labute approximate surface area is 116 Å². The lowest BCUT2D eigenvalue weighted by molar-refractivity contribution is -0.385. The minimum Gasteiger partial charge on any atom is -0.348 e. The van der Waals surface area contributed by atoms with Gasteiger partial charge in [-0.25, -0.2) is 0 Å². The number of benzene rings is 1. The van der Waals surface area contributed by atoms with Crippen LogP contribution in [-0.2, 0) is 0 Å². The summed E-state index contributed by atoms with van der Waals surface area (Å²) in [6.45, 7) is 2.47. The van der Waals surface area contributed by atoms with Crippen LogP contribution >= 0.6 is 11.6 Å². The van der Waals surface area contributed by atoms with Crippen LogP contribution in [0.3, 0.4) is 0 Å². The SMILES string of the molecule is CC(CN(C)C)NC(=O)c1cc(Cl)ccc1[N+](=O)[O-]. The molecule has 0 aromatic heterocycles. The summed E-state index contributed by atoms with van der Waals surface area (Å²) in [6.07, 6.45) is 0. The van der Waals surface area contributed by atoms with E-state index in [2.05, 4.69) is 5.32 Å². The second-order valence-corrected chi connectivity index (χ2v) is 4.99. The largest absolute Gasteiger partial charge is 0.348 e. The first-order valence-electron chi connectivity index (χ1n) is 5.70. The van der Waals surface area contributed by atoms with Gasteiger partial charge in [-0.15, -0.1) is 0 Å². The molecule has 104 valence electrons. The second kappa shape index (κ2) is 6.49. The predicted octanol–water partition coefficient (Wildman–Crippen LogP) is 1.93. The number of rotatable bonds is 5. The number of hydrogen-bond donors (Lipinski definition) is 1. The van der Waals surface area contributed by atoms with Crippen LogP contribution in [0, 0.1) is 10.1 Å². The summed E-state index contributed by atoms with van der Waals surface area (Å²) in [7, 11) is 3.76. The fourth-order valence-electron chi connectivity index (χ4n) is 1.74. The molecule has 0 aliphatic rings. The van der Waals surface area contributed by atoms with Crippen LogP contribution < -0.4 is 5.32 Å². The number of carbonyl (C=O) groups excluding carboxylic acids is 1. The van der Waals surface area contributed by atoms with Gasteiger partial charge in [-0.05, 0) is 33.2 Å². The molecule has 19 heavy (non-hydrogen) atoms. The lowest BCUT2D eigenvalue weighted by Gasteiger charge is -2.18. The molecule has 1 atom stereocenters. The maximum Gasteiger partial charge on any atom is 0.282 e. The zero-order chi connectivity index (χ0) is 14.6. The third-order valence-electron chi connectivity index (χ3n) is 2.42. The van der Waals surface area contributed by atoms with Crippen LogP contribution in [0.4, 0.5) is 5.69 Å². The van der Waals surface area contributed by atoms with E-state index in [0.717, 1.165) is 0 Å². The van der Waals surface area contributed by atoms with Crippen molar-refractivity contribution in [3.8, 4) is 0 Å². The molecule has 0 saturated carbocycles. The van der Waals surface area contributed by atoms with Gasteiger partial charge in [0.25, 0.3) is 11.6 Å². The number of nitrogens with zero attached hydrogens (tertiary/aromatic N) is 2. The molecule has 0 heterocycles. The summed E-state index contributed by atoms with van der Waals surface area (Å²) in [5, 5.41) is 13.9. The van der Waals surface area contributed by atoms with E-state index in [0.29, 0.717) is 6.54 Å². The smallest absolute Gasteiger partial charge is 0.282 e. The number of amides is 1. The van der Waals surface area contributed by atoms with Crippen LogP contribution in [0.15, 0.2) is 18.2 Å². The standard InChI is InChI=1S/C12H16ClN3O3/c1-8(7-15(2)3)14-12(17)10-6-9(13)4-5-11(10)16(18)19/h4-6,8H,7H2,1-3H3,(H,14,17). The van der Waals surface area contributed by atoms with Crippen molar-refractivity contribution in [2.45, 2.75) is 13.0 Å². The Hall–Kier alpha value is -1.66. The van der Waals surface area contributed by atoms with Crippen molar-refractivity contribution in [3.63, 3.8) is 0 Å². The van der Waals surface area contributed by atoms with Crippen molar-refractivity contribution in [2.75, 3.05) is 20.6 Å². The maximum absolute atomic E-state index is 12.0. The number of nitro benzene ring substituents is 1. The van der Waals surface area contributed by atoms with Gasteiger partial charge < -0.3 is 10.2 Å². The quantitative estimate of drug-likeness (QED) is 0.662. The average molecular weight is 286 g/mol. The summed E-state index contributed by atoms with van der Waals surface area (Å²) in [6, 6.07) is 3.80. The number of likely N-dealkylation sites (N-methyl/N-ethyl adjacent to an activating group) is 1. The van der Waals surface area contributed by atoms with Crippen molar-refractivity contribution in [2.24, 2.45) is 0 Å². The van der Waals surface area contributed by atoms with E-state index in [1.54, 1.807) is 0 Å². The van der Waals surface area contributed by atoms with Crippen molar-refractivity contribution >= 4 is 23.2 Å². The predicted molar refractivity (Wildman–Crippen MR) is 73.6 cm³/mol. The molecule has 7 heteroatoms. The van der Waals surface area contributed by atoms with E-state index in [1.807, 2.05) is 25.9 Å². The topological polar surface area (TPSA) is 75.5 Å². The highest BCUT2D eigenvalue weighted by molar-refractivity contribution is 6.31. The van der Waals surface area contributed by atoms with Crippen molar-refractivity contribution in [3.05, 3.63) is 38.9 Å². The molecule has 0 radical (unpaired) electrons. The Balaban J connectivity index is 2.92. The zero-order valence-electron chi connectivity index (χ0n) is 11.0. The molecule has 1 amide bonds. The molecule has 0 saturated heterocycles. The van der Waals surface area contributed by atoms with Crippen LogP contribution in [0.5, 0.6) is 0 Å². The summed E-state index contributed by atoms with van der Waals surface area (Å²) in [5.41, 5.74) is -0.276. The van der Waals surface area contributed by atoms with Gasteiger partial charge in [0.15, 0.2) is 0 Å². The van der Waals surface area contributed by atoms with Crippen LogP contribution in [0.2, 0.25) is 5.02 Å². The normalized spacial score (nSPS) is 12.3. The number of nitrogens with one attached hydrogen (secondary N) is 1. The van der Waals surface area contributed by atoms with Crippen LogP contribution in [0.25, 0.3) is 0 Å². The van der Waals surface area contributed by atoms with E-state index in [-0.39, 0.29) is 22.3 Å². The van der Waals surface area contributed by atoms with Crippen molar-refractivity contribution < 1.29 is 9.72 Å². The van der Waals surface area contributed by atoms with Gasteiger partial charge in [0.05, 0.1) is 4.92 Å². The molecular formula is C12H16ClN3O3. The maximum atomic E-state index is 12.0. The third-order valence-corrected chi connectivity index (χ3v) is 2.65. The first kappa shape index (κ1) is 15.4. The Morgan fingerprint density at radius 2 is 2.16 bits per heavy atom. The van der Waals surface area contributed by atoms with E-state index in [1.165, 1.54) is 18.2 Å². The first-order chi connectivity index (χ1) is 8.81. The van der Waals surface area contributed by atoms with Crippen molar-refractivity contribution in [1.29, 1.82) is 0 Å². The lowest BCUT2D eigenvalue weighted by Crippen LogP contribution is -2.39. The molecule has 1 unspecified atom stereocenters. The average Bonchev–Trinajstić information content (AvgIpc) is 2.26. The summed E-state index contributed by atoms with van der Waals surface area (Å²) in [4.78, 5) is 24.2. The van der Waals surface area contributed by atoms with E-state index < -0.39 is 10.8 Å². The second-order valence-electron chi connectivity index (χ2n) is 4.56. The molecule has 6 nitrogen and oxygen atoms in total. The molecule has 1 rings (SSSR count). The summed E-state index contributed by atoms with van der Waals surface area (Å²) < 4.78 is 0. The van der Waals surface area contributed by atoms with E-state index in [4.69, 9.17) is 11.6 Å². The fraction of sp³-hybridized carbons (Fsp3) is 0.417. The fourth-order valence-corrected chi connectivity index (χ4v) is 1.92. The van der Waals surface area contributed by atoms with Gasteiger partial charge in [-0.3, -0.25) is 14.9 Å². The van der Waals surface area contributed by atoms with Gasteiger partial charge in [-0.2, -0.15) is 0 Å². The minimum absolute atomic E-state index is 0.0249. The van der Waals surface area contributed by atoms with E-state index in [9.17, 15) is 14.9 Å². The minimum atomic E-state index is -0.595. The molecule has 1 aromatic carbocycles. The lowest BCUT2D eigenvalue weighted by atomic mass is 10.1. The molecule has 0 fully saturated rings. The molecule has 0 aliphatic heterocycles. The molecule has 1 aromatic rings. The van der Waals surface area contributed by atoms with Crippen LogP contribution in [-0.4, -0.2) is 42.4 Å². The Bertz CT molecular complexity index is 491. The number of hydrogen-bond acceptors (Lipinski definition) is 4. The van der Waals surface area contributed by atoms with Gasteiger partial charge in [0, 0.05) is 23.7 Å². The highest BCUT2D eigenvalue weighted by Gasteiger charge is 2.21. The third kappa shape index (κ3) is 4.50. The monoisotopic (exact) mass is 285 g/mol. The van der Waals surface area contributed by atoms with E-state index >= 15 is 0 Å². The first-order valence-corrected chi connectivity index (χ1v) is 6.08. The molecule has 0 aliphatic carbocycles. The van der Waals surface area contributed by atoms with Gasteiger partial charge in [0.1, 0.15) is 5.56 Å². The Morgan fingerprint density at radius 1 is 1.53 bits per heavy atom. The van der Waals surface area contributed by atoms with Gasteiger partial charge >= 0.3 is 0 Å². The highest BCUT2D eigenvalue weighted by atomic mass is 35.5. The molecule has 1 N–H and O–H groups in total. The Morgan fingerprint density at radius 3 is 2.68 bits per heavy atom.